The Morgan fingerprint density at radius 3 is 2.48 bits per heavy atom. The van der Waals surface area contributed by atoms with Gasteiger partial charge in [-0.15, -0.1) is 10.2 Å². The monoisotopic (exact) mass is 317 g/mol. The normalized spacial score (nSPS) is 13.6. The van der Waals surface area contributed by atoms with Gasteiger partial charge in [-0.25, -0.2) is 0 Å². The summed E-state index contributed by atoms with van der Waals surface area (Å²) in [6.45, 7) is 13.2. The first-order valence-electron chi connectivity index (χ1n) is 8.08. The van der Waals surface area contributed by atoms with Crippen LogP contribution in [0.15, 0.2) is 22.6 Å². The van der Waals surface area contributed by atoms with Gasteiger partial charge in [0.05, 0.1) is 11.6 Å². The average Bonchev–Trinajstić information content (AvgIpc) is 2.95. The minimum absolute atomic E-state index is 0.0424. The van der Waals surface area contributed by atoms with Crippen LogP contribution in [0.3, 0.4) is 0 Å². The van der Waals surface area contributed by atoms with Gasteiger partial charge in [0.15, 0.2) is 0 Å². The lowest BCUT2D eigenvalue weighted by atomic mass is 10.1. The van der Waals surface area contributed by atoms with Crippen molar-refractivity contribution in [3.8, 4) is 11.5 Å². The maximum atomic E-state index is 10.0. The Kier molecular flexibility index (Phi) is 5.22. The zero-order valence-corrected chi connectivity index (χ0v) is 14.9. The standard InChI is InChI=1S/C18H27N3O2/c1-7-21(11-18(5,6)22)14(4)16-19-20-17(23-16)15-9-8-12(2)13(3)10-15/h8-10,14,22H,7,11H2,1-6H3. The van der Waals surface area contributed by atoms with E-state index < -0.39 is 5.60 Å². The largest absolute Gasteiger partial charge is 0.419 e. The summed E-state index contributed by atoms with van der Waals surface area (Å²) in [7, 11) is 0. The van der Waals surface area contributed by atoms with Crippen LogP contribution < -0.4 is 0 Å². The third-order valence-corrected chi connectivity index (χ3v) is 4.10. The Hall–Kier alpha value is -1.72. The maximum absolute atomic E-state index is 10.0. The highest BCUT2D eigenvalue weighted by Gasteiger charge is 2.25. The van der Waals surface area contributed by atoms with Gasteiger partial charge in [0, 0.05) is 12.1 Å². The van der Waals surface area contributed by atoms with Crippen LogP contribution in [-0.2, 0) is 0 Å². The van der Waals surface area contributed by atoms with Crippen molar-refractivity contribution >= 4 is 0 Å². The van der Waals surface area contributed by atoms with E-state index in [1.165, 1.54) is 11.1 Å². The molecule has 1 unspecified atom stereocenters. The number of benzene rings is 1. The second-order valence-electron chi connectivity index (χ2n) is 6.80. The third kappa shape index (κ3) is 4.39. The first-order chi connectivity index (χ1) is 10.7. The molecule has 23 heavy (non-hydrogen) atoms. The van der Waals surface area contributed by atoms with Crippen LogP contribution in [0.2, 0.25) is 0 Å². The lowest BCUT2D eigenvalue weighted by molar-refractivity contribution is 0.0210. The summed E-state index contributed by atoms with van der Waals surface area (Å²) < 4.78 is 5.88. The molecule has 5 heteroatoms. The Labute approximate surface area is 138 Å². The van der Waals surface area contributed by atoms with Gasteiger partial charge in [-0.05, 0) is 64.4 Å². The molecule has 0 amide bonds. The number of nitrogens with zero attached hydrogens (tertiary/aromatic N) is 3. The zero-order valence-electron chi connectivity index (χ0n) is 14.9. The van der Waals surface area contributed by atoms with Crippen LogP contribution in [0.5, 0.6) is 0 Å². The van der Waals surface area contributed by atoms with Crippen molar-refractivity contribution in [2.75, 3.05) is 13.1 Å². The van der Waals surface area contributed by atoms with Crippen LogP contribution in [0.1, 0.15) is 50.8 Å². The molecule has 0 aliphatic heterocycles. The Morgan fingerprint density at radius 1 is 1.22 bits per heavy atom. The lowest BCUT2D eigenvalue weighted by Gasteiger charge is -2.31. The highest BCUT2D eigenvalue weighted by molar-refractivity contribution is 5.55. The van der Waals surface area contributed by atoms with Gasteiger partial charge in [0.25, 0.3) is 0 Å². The van der Waals surface area contributed by atoms with E-state index in [9.17, 15) is 5.11 Å². The molecule has 1 aromatic heterocycles. The number of rotatable bonds is 6. The molecule has 5 nitrogen and oxygen atoms in total. The molecule has 0 spiro atoms. The van der Waals surface area contributed by atoms with Gasteiger partial charge >= 0.3 is 0 Å². The molecule has 0 aliphatic carbocycles. The summed E-state index contributed by atoms with van der Waals surface area (Å²) in [5, 5.41) is 18.4. The van der Waals surface area contributed by atoms with E-state index in [0.717, 1.165) is 12.1 Å². The molecule has 1 aromatic carbocycles. The highest BCUT2D eigenvalue weighted by Crippen LogP contribution is 2.26. The molecule has 0 saturated carbocycles. The first kappa shape index (κ1) is 17.6. The molecule has 0 radical (unpaired) electrons. The van der Waals surface area contributed by atoms with Gasteiger partial charge in [0.2, 0.25) is 11.8 Å². The van der Waals surface area contributed by atoms with Gasteiger partial charge < -0.3 is 9.52 Å². The smallest absolute Gasteiger partial charge is 0.247 e. The summed E-state index contributed by atoms with van der Waals surface area (Å²) >= 11 is 0. The van der Waals surface area contributed by atoms with Crippen molar-refractivity contribution in [1.29, 1.82) is 0 Å². The Morgan fingerprint density at radius 2 is 1.91 bits per heavy atom. The molecule has 1 atom stereocenters. The second-order valence-corrected chi connectivity index (χ2v) is 6.80. The first-order valence-corrected chi connectivity index (χ1v) is 8.08. The number of aromatic nitrogens is 2. The summed E-state index contributed by atoms with van der Waals surface area (Å²) in [6.07, 6.45) is 0. The molecule has 0 bridgehead atoms. The molecule has 0 aliphatic rings. The number of hydrogen-bond acceptors (Lipinski definition) is 5. The molecule has 0 fully saturated rings. The van der Waals surface area contributed by atoms with Gasteiger partial charge in [-0.3, -0.25) is 4.90 Å². The topological polar surface area (TPSA) is 62.4 Å². The fourth-order valence-corrected chi connectivity index (χ4v) is 2.57. The third-order valence-electron chi connectivity index (χ3n) is 4.10. The number of aliphatic hydroxyl groups is 1. The average molecular weight is 317 g/mol. The van der Waals surface area contributed by atoms with Crippen LogP contribution in [0.25, 0.3) is 11.5 Å². The van der Waals surface area contributed by atoms with Crippen molar-refractivity contribution in [2.45, 2.75) is 53.2 Å². The zero-order chi connectivity index (χ0) is 17.2. The van der Waals surface area contributed by atoms with Crippen LogP contribution in [0, 0.1) is 13.8 Å². The summed E-state index contributed by atoms with van der Waals surface area (Å²) in [5.74, 6) is 1.11. The minimum atomic E-state index is -0.763. The summed E-state index contributed by atoms with van der Waals surface area (Å²) in [5.41, 5.74) is 2.61. The van der Waals surface area contributed by atoms with Crippen molar-refractivity contribution in [1.82, 2.24) is 15.1 Å². The van der Waals surface area contributed by atoms with Gasteiger partial charge in [-0.2, -0.15) is 0 Å². The number of hydrogen-bond donors (Lipinski definition) is 1. The van der Waals surface area contributed by atoms with E-state index in [1.54, 1.807) is 13.8 Å². The summed E-state index contributed by atoms with van der Waals surface area (Å²) in [4.78, 5) is 2.12. The second kappa shape index (κ2) is 6.81. The van der Waals surface area contributed by atoms with E-state index >= 15 is 0 Å². The molecular formula is C18H27N3O2. The lowest BCUT2D eigenvalue weighted by Crippen LogP contribution is -2.40. The van der Waals surface area contributed by atoms with Crippen molar-refractivity contribution in [3.63, 3.8) is 0 Å². The van der Waals surface area contributed by atoms with Gasteiger partial charge in [0.1, 0.15) is 0 Å². The fraction of sp³-hybridized carbons (Fsp3) is 0.556. The van der Waals surface area contributed by atoms with E-state index in [0.29, 0.717) is 18.3 Å². The predicted octanol–water partition coefficient (Wildman–Crippen LogP) is 3.51. The quantitative estimate of drug-likeness (QED) is 0.883. The maximum Gasteiger partial charge on any atom is 0.247 e. The highest BCUT2D eigenvalue weighted by atomic mass is 16.4. The minimum Gasteiger partial charge on any atom is -0.419 e. The predicted molar refractivity (Wildman–Crippen MR) is 91.2 cm³/mol. The van der Waals surface area contributed by atoms with Crippen LogP contribution in [0.4, 0.5) is 0 Å². The molecule has 126 valence electrons. The van der Waals surface area contributed by atoms with E-state index in [2.05, 4.69) is 48.0 Å². The molecule has 1 N–H and O–H groups in total. The fourth-order valence-electron chi connectivity index (χ4n) is 2.57. The van der Waals surface area contributed by atoms with Crippen molar-refractivity contribution in [2.24, 2.45) is 0 Å². The van der Waals surface area contributed by atoms with E-state index in [-0.39, 0.29) is 6.04 Å². The van der Waals surface area contributed by atoms with E-state index in [1.807, 2.05) is 13.0 Å². The van der Waals surface area contributed by atoms with Crippen LogP contribution in [-0.4, -0.2) is 38.9 Å². The Balaban J connectivity index is 2.21. The number of likely N-dealkylation sites (N-methyl/N-ethyl adjacent to an activating group) is 1. The molecule has 0 saturated heterocycles. The molecular weight excluding hydrogens is 290 g/mol. The van der Waals surface area contributed by atoms with Gasteiger partial charge in [-0.1, -0.05) is 13.0 Å². The van der Waals surface area contributed by atoms with Crippen molar-refractivity contribution < 1.29 is 9.52 Å². The van der Waals surface area contributed by atoms with E-state index in [4.69, 9.17) is 4.42 Å². The molecule has 1 heterocycles. The molecule has 2 rings (SSSR count). The van der Waals surface area contributed by atoms with Crippen LogP contribution >= 0.6 is 0 Å². The summed E-state index contributed by atoms with van der Waals surface area (Å²) in [6, 6.07) is 6.08. The van der Waals surface area contributed by atoms with Crippen molar-refractivity contribution in [3.05, 3.63) is 35.2 Å². The Bertz CT molecular complexity index is 659. The number of aryl methyl sites for hydroxylation is 2. The SMILES string of the molecule is CCN(CC(C)(C)O)C(C)c1nnc(-c2ccc(C)c(C)c2)o1. The molecule has 2 aromatic rings.